The van der Waals surface area contributed by atoms with Crippen molar-refractivity contribution in [3.05, 3.63) is 53.5 Å². The molecule has 2 unspecified atom stereocenters. The zero-order valence-corrected chi connectivity index (χ0v) is 21.9. The van der Waals surface area contributed by atoms with Crippen molar-refractivity contribution in [3.8, 4) is 0 Å². The van der Waals surface area contributed by atoms with Crippen molar-refractivity contribution in [2.45, 2.75) is 50.2 Å². The second kappa shape index (κ2) is 12.2. The standard InChI is InChI=1S/C24H28F4N6.C2HF3O2/c1-15-9-19-18(4-6-21-20(19)11-30-32-21)23(34(15)14-24(26,27)28)22-5-3-16(10-29-22)31-17-12-33(13-17)8-2-7-25;3-2(4,5)1(6)7/h3-6,10-11,15,17,23,31H,2,7-9,12-14H2,1H3,(H,30,32);(H,6,7). The molecule has 2 aliphatic rings. The molecule has 2 aromatic heterocycles. The molecule has 1 aromatic carbocycles. The van der Waals surface area contributed by atoms with Crippen LogP contribution in [0.4, 0.5) is 36.4 Å². The fraction of sp³-hybridized carbons (Fsp3) is 0.500. The van der Waals surface area contributed by atoms with Crippen molar-refractivity contribution in [3.63, 3.8) is 0 Å². The van der Waals surface area contributed by atoms with E-state index < -0.39 is 30.9 Å². The van der Waals surface area contributed by atoms with Crippen LogP contribution in [0.25, 0.3) is 10.9 Å². The number of pyridine rings is 1. The largest absolute Gasteiger partial charge is 0.490 e. The van der Waals surface area contributed by atoms with E-state index in [4.69, 9.17) is 9.90 Å². The number of carboxylic acids is 1. The van der Waals surface area contributed by atoms with Gasteiger partial charge >= 0.3 is 18.3 Å². The van der Waals surface area contributed by atoms with E-state index in [0.29, 0.717) is 18.5 Å². The first-order valence-electron chi connectivity index (χ1n) is 12.8. The Hall–Kier alpha value is -3.46. The Balaban J connectivity index is 0.000000493. The van der Waals surface area contributed by atoms with Crippen LogP contribution in [0, 0.1) is 0 Å². The van der Waals surface area contributed by atoms with Crippen molar-refractivity contribution < 1.29 is 40.6 Å². The molecule has 0 saturated carbocycles. The summed E-state index contributed by atoms with van der Waals surface area (Å²) in [6.45, 7) is 2.97. The molecule has 1 saturated heterocycles. The molecule has 41 heavy (non-hydrogen) atoms. The number of aromatic amines is 1. The average molecular weight is 591 g/mol. The van der Waals surface area contributed by atoms with Crippen molar-refractivity contribution in [2.75, 3.05) is 38.2 Å². The van der Waals surface area contributed by atoms with Gasteiger partial charge in [-0.3, -0.25) is 24.3 Å². The second-order valence-corrected chi connectivity index (χ2v) is 10.1. The monoisotopic (exact) mass is 590 g/mol. The van der Waals surface area contributed by atoms with Gasteiger partial charge in [0.05, 0.1) is 54.6 Å². The Morgan fingerprint density at radius 3 is 2.41 bits per heavy atom. The average Bonchev–Trinajstić information content (AvgIpc) is 3.35. The number of nitrogens with zero attached hydrogens (tertiary/aromatic N) is 4. The highest BCUT2D eigenvalue weighted by molar-refractivity contribution is 5.83. The molecular formula is C26H29F7N6O2. The van der Waals surface area contributed by atoms with Gasteiger partial charge in [-0.1, -0.05) is 6.07 Å². The topological polar surface area (TPSA) is 97.4 Å². The van der Waals surface area contributed by atoms with Crippen LogP contribution in [0.1, 0.15) is 36.2 Å². The number of hydrogen-bond acceptors (Lipinski definition) is 6. The van der Waals surface area contributed by atoms with Crippen LogP contribution in [0.3, 0.4) is 0 Å². The lowest BCUT2D eigenvalue weighted by Crippen LogP contribution is -2.54. The minimum absolute atomic E-state index is 0.263. The first-order valence-corrected chi connectivity index (χ1v) is 12.8. The van der Waals surface area contributed by atoms with Crippen LogP contribution in [0.2, 0.25) is 0 Å². The molecule has 3 N–H and O–H groups in total. The molecule has 0 spiro atoms. The number of fused-ring (bicyclic) bond motifs is 3. The Kier molecular flexibility index (Phi) is 9.07. The number of alkyl halides is 7. The fourth-order valence-electron chi connectivity index (χ4n) is 5.22. The number of likely N-dealkylation sites (tertiary alicyclic amines) is 1. The number of hydrogen-bond donors (Lipinski definition) is 3. The fourth-order valence-corrected chi connectivity index (χ4v) is 5.22. The van der Waals surface area contributed by atoms with E-state index in [9.17, 15) is 30.7 Å². The van der Waals surface area contributed by atoms with E-state index in [1.165, 1.54) is 4.90 Å². The van der Waals surface area contributed by atoms with Crippen molar-refractivity contribution >= 4 is 22.6 Å². The number of halogens is 7. The van der Waals surface area contributed by atoms with Gasteiger partial charge in [0.2, 0.25) is 0 Å². The first-order chi connectivity index (χ1) is 19.3. The van der Waals surface area contributed by atoms with Crippen LogP contribution in [0.15, 0.2) is 36.7 Å². The maximum absolute atomic E-state index is 13.5. The summed E-state index contributed by atoms with van der Waals surface area (Å²) < 4.78 is 84.7. The maximum Gasteiger partial charge on any atom is 0.490 e. The molecule has 0 amide bonds. The Bertz CT molecular complexity index is 1320. The maximum atomic E-state index is 13.5. The van der Waals surface area contributed by atoms with Crippen LogP contribution >= 0.6 is 0 Å². The second-order valence-electron chi connectivity index (χ2n) is 10.1. The predicted molar refractivity (Wildman–Crippen MR) is 136 cm³/mol. The number of carbonyl (C=O) groups is 1. The summed E-state index contributed by atoms with van der Waals surface area (Å²) in [4.78, 5) is 17.2. The summed E-state index contributed by atoms with van der Waals surface area (Å²) >= 11 is 0. The third-order valence-corrected chi connectivity index (χ3v) is 7.07. The Morgan fingerprint density at radius 1 is 1.12 bits per heavy atom. The van der Waals surface area contributed by atoms with Crippen LogP contribution in [0.5, 0.6) is 0 Å². The van der Waals surface area contributed by atoms with E-state index >= 15 is 0 Å². The van der Waals surface area contributed by atoms with Crippen LogP contribution < -0.4 is 5.32 Å². The number of rotatable bonds is 7. The number of anilines is 1. The summed E-state index contributed by atoms with van der Waals surface area (Å²) in [5, 5.41) is 18.6. The molecule has 0 bridgehead atoms. The summed E-state index contributed by atoms with van der Waals surface area (Å²) in [5.74, 6) is -2.76. The van der Waals surface area contributed by atoms with Gasteiger partial charge in [0.1, 0.15) is 0 Å². The smallest absolute Gasteiger partial charge is 0.475 e. The van der Waals surface area contributed by atoms with E-state index in [-0.39, 0.29) is 18.8 Å². The summed E-state index contributed by atoms with van der Waals surface area (Å²) in [6, 6.07) is 6.81. The van der Waals surface area contributed by atoms with Crippen molar-refractivity contribution in [1.29, 1.82) is 0 Å². The van der Waals surface area contributed by atoms with Gasteiger partial charge in [-0.05, 0) is 49.1 Å². The van der Waals surface area contributed by atoms with E-state index in [2.05, 4.69) is 25.4 Å². The van der Waals surface area contributed by atoms with E-state index in [0.717, 1.165) is 47.4 Å². The number of aliphatic carboxylic acids is 1. The lowest BCUT2D eigenvalue weighted by Gasteiger charge is -2.42. The molecule has 5 rings (SSSR count). The first kappa shape index (κ1) is 30.5. The zero-order chi connectivity index (χ0) is 29.9. The number of carboxylic acid groups (broad SMARTS) is 1. The molecular weight excluding hydrogens is 561 g/mol. The Labute approximate surface area is 230 Å². The minimum Gasteiger partial charge on any atom is -0.475 e. The predicted octanol–water partition coefficient (Wildman–Crippen LogP) is 4.95. The van der Waals surface area contributed by atoms with Crippen molar-refractivity contribution in [1.82, 2.24) is 25.0 Å². The molecule has 8 nitrogen and oxygen atoms in total. The van der Waals surface area contributed by atoms with Gasteiger partial charge in [-0.15, -0.1) is 0 Å². The molecule has 15 heteroatoms. The molecule has 4 heterocycles. The molecule has 224 valence electrons. The third-order valence-electron chi connectivity index (χ3n) is 7.07. The quantitative estimate of drug-likeness (QED) is 0.336. The number of nitrogens with one attached hydrogen (secondary N) is 2. The summed E-state index contributed by atoms with van der Waals surface area (Å²) in [5.41, 5.74) is 4.16. The van der Waals surface area contributed by atoms with Crippen molar-refractivity contribution in [2.24, 2.45) is 0 Å². The SMILES string of the molecule is CC1Cc2c(ccc3[nH]ncc23)C(c2ccc(NC3CN(CCCF)C3)cn2)N1CC(F)(F)F.O=C(O)C(F)(F)F. The van der Waals surface area contributed by atoms with Gasteiger partial charge in [0.25, 0.3) is 0 Å². The summed E-state index contributed by atoms with van der Waals surface area (Å²) in [7, 11) is 0. The van der Waals surface area contributed by atoms with Crippen LogP contribution in [-0.4, -0.2) is 93.3 Å². The molecule has 2 atom stereocenters. The van der Waals surface area contributed by atoms with Gasteiger partial charge < -0.3 is 10.4 Å². The van der Waals surface area contributed by atoms with E-state index in [1.54, 1.807) is 12.4 Å². The minimum atomic E-state index is -5.08. The number of aromatic nitrogens is 3. The lowest BCUT2D eigenvalue weighted by molar-refractivity contribution is -0.192. The molecule has 0 radical (unpaired) electrons. The highest BCUT2D eigenvalue weighted by atomic mass is 19.4. The highest BCUT2D eigenvalue weighted by Crippen LogP contribution is 2.41. The zero-order valence-electron chi connectivity index (χ0n) is 21.9. The van der Waals surface area contributed by atoms with Gasteiger partial charge in [-0.25, -0.2) is 4.79 Å². The third kappa shape index (κ3) is 7.44. The number of H-pyrrole nitrogens is 1. The number of benzene rings is 1. The molecule has 3 aromatic rings. The van der Waals surface area contributed by atoms with Gasteiger partial charge in [-0.2, -0.15) is 31.4 Å². The molecule has 1 fully saturated rings. The normalized spacial score (nSPS) is 20.2. The lowest BCUT2D eigenvalue weighted by atomic mass is 9.85. The van der Waals surface area contributed by atoms with Gasteiger partial charge in [0.15, 0.2) is 0 Å². The van der Waals surface area contributed by atoms with Gasteiger partial charge in [0, 0.05) is 31.1 Å². The van der Waals surface area contributed by atoms with Crippen LogP contribution in [-0.2, 0) is 11.2 Å². The molecule has 0 aliphatic carbocycles. The highest BCUT2D eigenvalue weighted by Gasteiger charge is 2.42. The molecule has 2 aliphatic heterocycles. The summed E-state index contributed by atoms with van der Waals surface area (Å²) in [6.07, 6.45) is -4.90. The van der Waals surface area contributed by atoms with E-state index in [1.807, 2.05) is 31.2 Å². The Morgan fingerprint density at radius 2 is 1.83 bits per heavy atom.